The fourth-order valence-electron chi connectivity index (χ4n) is 3.33. The number of hydrogen-bond acceptors (Lipinski definition) is 4. The summed E-state index contributed by atoms with van der Waals surface area (Å²) in [6.07, 6.45) is 2.12. The molecule has 2 aliphatic rings. The third-order valence-electron chi connectivity index (χ3n) is 4.80. The first-order valence-electron chi connectivity index (χ1n) is 7.70. The molecular weight excluding hydrogens is 268 g/mol. The number of rotatable bonds is 1. The number of Topliss-reactive ketones (excluding diaryl/α,β-unsaturated/α-hetero) is 1. The van der Waals surface area contributed by atoms with E-state index in [1.165, 1.54) is 0 Å². The normalized spacial score (nSPS) is 25.9. The average Bonchev–Trinajstić information content (AvgIpc) is 2.80. The highest BCUT2D eigenvalue weighted by Crippen LogP contribution is 2.30. The van der Waals surface area contributed by atoms with Crippen LogP contribution in [0.4, 0.5) is 0 Å². The summed E-state index contributed by atoms with van der Waals surface area (Å²) < 4.78 is 5.77. The van der Waals surface area contributed by atoms with Crippen molar-refractivity contribution in [2.75, 3.05) is 13.1 Å². The Morgan fingerprint density at radius 1 is 1.33 bits per heavy atom. The number of furan rings is 1. The summed E-state index contributed by atoms with van der Waals surface area (Å²) in [5.74, 6) is 1.08. The number of hydrogen-bond donors (Lipinski definition) is 1. The van der Waals surface area contributed by atoms with E-state index in [4.69, 9.17) is 4.42 Å². The summed E-state index contributed by atoms with van der Waals surface area (Å²) in [5, 5.41) is 3.36. The van der Waals surface area contributed by atoms with Crippen molar-refractivity contribution in [1.29, 1.82) is 0 Å². The SMILES string of the molecule is Cc1c(C(=O)N2CCNC(C)C2C)oc2c1C(=O)CCC2. The van der Waals surface area contributed by atoms with Crippen molar-refractivity contribution in [3.8, 4) is 0 Å². The van der Waals surface area contributed by atoms with Gasteiger partial charge in [-0.15, -0.1) is 0 Å². The molecule has 0 saturated carbocycles. The van der Waals surface area contributed by atoms with E-state index in [-0.39, 0.29) is 23.8 Å². The molecule has 114 valence electrons. The van der Waals surface area contributed by atoms with Crippen LogP contribution in [0.3, 0.4) is 0 Å². The van der Waals surface area contributed by atoms with Crippen LogP contribution in [0.1, 0.15) is 58.9 Å². The number of carbonyl (C=O) groups excluding carboxylic acids is 2. The molecule has 21 heavy (non-hydrogen) atoms. The van der Waals surface area contributed by atoms with Gasteiger partial charge in [0.05, 0.1) is 5.56 Å². The van der Waals surface area contributed by atoms with E-state index >= 15 is 0 Å². The van der Waals surface area contributed by atoms with Gasteiger partial charge in [-0.25, -0.2) is 0 Å². The van der Waals surface area contributed by atoms with E-state index in [2.05, 4.69) is 12.2 Å². The van der Waals surface area contributed by atoms with Crippen LogP contribution in [0.15, 0.2) is 4.42 Å². The number of fused-ring (bicyclic) bond motifs is 1. The first-order chi connectivity index (χ1) is 10.0. The molecule has 2 unspecified atom stereocenters. The molecule has 1 saturated heterocycles. The predicted octanol–water partition coefficient (Wildman–Crippen LogP) is 1.93. The Bertz CT molecular complexity index is 591. The van der Waals surface area contributed by atoms with Crippen molar-refractivity contribution in [1.82, 2.24) is 10.2 Å². The summed E-state index contributed by atoms with van der Waals surface area (Å²) in [5.41, 5.74) is 1.37. The molecule has 1 aliphatic heterocycles. The standard InChI is InChI=1S/C16H22N2O3/c1-9-14-12(19)5-4-6-13(14)21-15(9)16(20)18-8-7-17-10(2)11(18)3/h10-11,17H,4-8H2,1-3H3. The van der Waals surface area contributed by atoms with Crippen molar-refractivity contribution in [3.05, 3.63) is 22.6 Å². The lowest BCUT2D eigenvalue weighted by atomic mass is 9.94. The van der Waals surface area contributed by atoms with Crippen molar-refractivity contribution in [3.63, 3.8) is 0 Å². The van der Waals surface area contributed by atoms with Gasteiger partial charge in [0.25, 0.3) is 5.91 Å². The van der Waals surface area contributed by atoms with Crippen molar-refractivity contribution in [2.24, 2.45) is 0 Å². The molecule has 1 aromatic rings. The van der Waals surface area contributed by atoms with Gasteiger partial charge >= 0.3 is 0 Å². The quantitative estimate of drug-likeness (QED) is 0.858. The maximum Gasteiger partial charge on any atom is 0.290 e. The van der Waals surface area contributed by atoms with Gasteiger partial charge in [0.1, 0.15) is 5.76 Å². The van der Waals surface area contributed by atoms with Crippen LogP contribution < -0.4 is 5.32 Å². The highest BCUT2D eigenvalue weighted by Gasteiger charge is 2.34. The van der Waals surface area contributed by atoms with Gasteiger partial charge in [-0.1, -0.05) is 0 Å². The summed E-state index contributed by atoms with van der Waals surface area (Å²) in [4.78, 5) is 26.7. The van der Waals surface area contributed by atoms with E-state index < -0.39 is 0 Å². The second-order valence-corrected chi connectivity index (χ2v) is 6.11. The number of nitrogens with zero attached hydrogens (tertiary/aromatic N) is 1. The fraction of sp³-hybridized carbons (Fsp3) is 0.625. The lowest BCUT2D eigenvalue weighted by Gasteiger charge is -2.38. The Balaban J connectivity index is 1.94. The highest BCUT2D eigenvalue weighted by atomic mass is 16.4. The summed E-state index contributed by atoms with van der Waals surface area (Å²) in [6, 6.07) is 0.373. The van der Waals surface area contributed by atoms with Crippen LogP contribution in [0.5, 0.6) is 0 Å². The van der Waals surface area contributed by atoms with Gasteiger partial charge in [0.15, 0.2) is 11.5 Å². The molecule has 1 N–H and O–H groups in total. The van der Waals surface area contributed by atoms with E-state index in [0.29, 0.717) is 30.0 Å². The number of carbonyl (C=O) groups is 2. The molecule has 2 heterocycles. The second kappa shape index (κ2) is 5.30. The number of amides is 1. The van der Waals surface area contributed by atoms with Gasteiger partial charge in [-0.3, -0.25) is 9.59 Å². The largest absolute Gasteiger partial charge is 0.455 e. The summed E-state index contributed by atoms with van der Waals surface area (Å²) in [7, 11) is 0. The van der Waals surface area contributed by atoms with Crippen LogP contribution in [-0.4, -0.2) is 41.8 Å². The third-order valence-corrected chi connectivity index (χ3v) is 4.80. The van der Waals surface area contributed by atoms with E-state index in [1.807, 2.05) is 18.7 Å². The Morgan fingerprint density at radius 3 is 2.81 bits per heavy atom. The molecule has 5 heteroatoms. The van der Waals surface area contributed by atoms with Crippen molar-refractivity contribution in [2.45, 2.75) is 52.1 Å². The molecular formula is C16H22N2O3. The number of ketones is 1. The monoisotopic (exact) mass is 290 g/mol. The van der Waals surface area contributed by atoms with Crippen LogP contribution >= 0.6 is 0 Å². The minimum absolute atomic E-state index is 0.0875. The number of nitrogens with one attached hydrogen (secondary N) is 1. The lowest BCUT2D eigenvalue weighted by molar-refractivity contribution is 0.0567. The zero-order valence-corrected chi connectivity index (χ0v) is 12.9. The van der Waals surface area contributed by atoms with Crippen LogP contribution in [0.25, 0.3) is 0 Å². The Morgan fingerprint density at radius 2 is 2.10 bits per heavy atom. The molecule has 1 aromatic heterocycles. The molecule has 0 radical (unpaired) electrons. The van der Waals surface area contributed by atoms with Gasteiger partial charge < -0.3 is 14.6 Å². The number of piperazine rings is 1. The fourth-order valence-corrected chi connectivity index (χ4v) is 3.33. The zero-order valence-electron chi connectivity index (χ0n) is 12.9. The molecule has 3 rings (SSSR count). The van der Waals surface area contributed by atoms with E-state index in [9.17, 15) is 9.59 Å². The minimum atomic E-state index is -0.0875. The maximum atomic E-state index is 12.8. The Hall–Kier alpha value is -1.62. The van der Waals surface area contributed by atoms with E-state index in [1.54, 1.807) is 0 Å². The zero-order chi connectivity index (χ0) is 15.1. The Labute approximate surface area is 124 Å². The highest BCUT2D eigenvalue weighted by molar-refractivity contribution is 6.03. The van der Waals surface area contributed by atoms with Gasteiger partial charge in [0.2, 0.25) is 0 Å². The molecule has 1 fully saturated rings. The second-order valence-electron chi connectivity index (χ2n) is 6.11. The van der Waals surface area contributed by atoms with Gasteiger partial charge in [0, 0.05) is 43.6 Å². The molecule has 5 nitrogen and oxygen atoms in total. The number of aryl methyl sites for hydroxylation is 1. The minimum Gasteiger partial charge on any atom is -0.455 e. The molecule has 0 bridgehead atoms. The van der Waals surface area contributed by atoms with Gasteiger partial charge in [-0.2, -0.15) is 0 Å². The molecule has 0 aromatic carbocycles. The third kappa shape index (κ3) is 2.29. The van der Waals surface area contributed by atoms with Crippen LogP contribution in [0.2, 0.25) is 0 Å². The molecule has 1 amide bonds. The predicted molar refractivity (Wildman–Crippen MR) is 78.7 cm³/mol. The smallest absolute Gasteiger partial charge is 0.290 e. The topological polar surface area (TPSA) is 62.6 Å². The van der Waals surface area contributed by atoms with Crippen LogP contribution in [-0.2, 0) is 6.42 Å². The first-order valence-corrected chi connectivity index (χ1v) is 7.70. The van der Waals surface area contributed by atoms with Gasteiger partial charge in [-0.05, 0) is 27.2 Å². The van der Waals surface area contributed by atoms with E-state index in [0.717, 1.165) is 24.9 Å². The lowest BCUT2D eigenvalue weighted by Crippen LogP contribution is -2.57. The molecule has 1 aliphatic carbocycles. The summed E-state index contributed by atoms with van der Waals surface area (Å²) in [6.45, 7) is 7.40. The summed E-state index contributed by atoms with van der Waals surface area (Å²) >= 11 is 0. The Kier molecular flexibility index (Phi) is 3.61. The average molecular weight is 290 g/mol. The maximum absolute atomic E-state index is 12.8. The van der Waals surface area contributed by atoms with Crippen LogP contribution in [0, 0.1) is 6.92 Å². The van der Waals surface area contributed by atoms with Crippen molar-refractivity contribution >= 4 is 11.7 Å². The molecule has 0 spiro atoms. The molecule has 2 atom stereocenters. The first kappa shape index (κ1) is 14.3. The van der Waals surface area contributed by atoms with Crippen molar-refractivity contribution < 1.29 is 14.0 Å².